The molecule has 10 heteroatoms. The Balaban J connectivity index is 2.21. The van der Waals surface area contributed by atoms with Crippen molar-refractivity contribution in [1.29, 1.82) is 0 Å². The molecule has 1 atom stereocenters. The Hall–Kier alpha value is -2.19. The van der Waals surface area contributed by atoms with Gasteiger partial charge in [-0.15, -0.1) is 0 Å². The second kappa shape index (κ2) is 7.09. The smallest absolute Gasteiger partial charge is 0.352 e. The molecule has 1 aliphatic rings. The molecule has 0 saturated heterocycles. The van der Waals surface area contributed by atoms with Gasteiger partial charge in [0.25, 0.3) is 5.91 Å². The van der Waals surface area contributed by atoms with Gasteiger partial charge >= 0.3 is 6.18 Å². The summed E-state index contributed by atoms with van der Waals surface area (Å²) in [6.07, 6.45) is -4.62. The molecule has 3 rings (SSSR count). The summed E-state index contributed by atoms with van der Waals surface area (Å²) in [5.74, 6) is -0.280. The van der Waals surface area contributed by atoms with Crippen molar-refractivity contribution in [3.05, 3.63) is 56.8 Å². The summed E-state index contributed by atoms with van der Waals surface area (Å²) < 4.78 is 40.6. The van der Waals surface area contributed by atoms with Crippen LogP contribution in [0.25, 0.3) is 0 Å². The van der Waals surface area contributed by atoms with Crippen LogP contribution in [0.4, 0.5) is 19.0 Å². The molecule has 1 aromatic carbocycles. The van der Waals surface area contributed by atoms with Crippen LogP contribution in [0.15, 0.2) is 35.5 Å². The van der Waals surface area contributed by atoms with Crippen molar-refractivity contribution in [3.63, 3.8) is 0 Å². The number of anilines is 1. The van der Waals surface area contributed by atoms with E-state index in [1.807, 2.05) is 0 Å². The van der Waals surface area contributed by atoms with E-state index in [1.165, 1.54) is 12.1 Å². The van der Waals surface area contributed by atoms with E-state index in [0.717, 1.165) is 10.7 Å². The number of hydrogen-bond acceptors (Lipinski definition) is 3. The number of halogens is 5. The minimum absolute atomic E-state index is 0.129. The molecule has 144 valence electrons. The topological polar surface area (TPSA) is 59.0 Å². The number of nitrogens with zero attached hydrogens (tertiary/aromatic N) is 2. The highest BCUT2D eigenvalue weighted by atomic mass is 35.5. The van der Waals surface area contributed by atoms with Gasteiger partial charge in [0.1, 0.15) is 11.9 Å². The van der Waals surface area contributed by atoms with Crippen LogP contribution in [-0.2, 0) is 11.0 Å². The maximum atomic E-state index is 13.2. The molecule has 0 fully saturated rings. The largest absolute Gasteiger partial charge is 0.435 e. The molecule has 0 saturated carbocycles. The zero-order chi connectivity index (χ0) is 19.9. The molecule has 2 aromatic rings. The minimum atomic E-state index is -4.62. The third kappa shape index (κ3) is 3.64. The molecule has 0 radical (unpaired) electrons. The van der Waals surface area contributed by atoms with Gasteiger partial charge in [-0.2, -0.15) is 18.3 Å². The molecule has 1 unspecified atom stereocenters. The van der Waals surface area contributed by atoms with Crippen molar-refractivity contribution < 1.29 is 18.0 Å². The van der Waals surface area contributed by atoms with Crippen molar-refractivity contribution >= 4 is 34.9 Å². The van der Waals surface area contributed by atoms with E-state index < -0.39 is 23.8 Å². The van der Waals surface area contributed by atoms with Crippen LogP contribution < -0.4 is 10.6 Å². The fourth-order valence-electron chi connectivity index (χ4n) is 2.95. The Labute approximate surface area is 163 Å². The second-order valence-corrected chi connectivity index (χ2v) is 6.77. The lowest BCUT2D eigenvalue weighted by Gasteiger charge is -2.29. The molecule has 2 heterocycles. The van der Waals surface area contributed by atoms with E-state index in [4.69, 9.17) is 23.2 Å². The number of hydrogen-bond donors (Lipinski definition) is 2. The highest BCUT2D eigenvalue weighted by Gasteiger charge is 2.39. The molecule has 0 bridgehead atoms. The Morgan fingerprint density at radius 1 is 1.30 bits per heavy atom. The fourth-order valence-corrected chi connectivity index (χ4v) is 3.26. The van der Waals surface area contributed by atoms with E-state index in [-0.39, 0.29) is 16.4 Å². The van der Waals surface area contributed by atoms with Gasteiger partial charge in [-0.1, -0.05) is 29.3 Å². The van der Waals surface area contributed by atoms with Gasteiger partial charge in [0, 0.05) is 18.3 Å². The van der Waals surface area contributed by atoms with E-state index >= 15 is 0 Å². The first kappa shape index (κ1) is 19.6. The lowest BCUT2D eigenvalue weighted by molar-refractivity contribution is -0.141. The van der Waals surface area contributed by atoms with Gasteiger partial charge in [0.05, 0.1) is 15.6 Å². The number of amides is 1. The van der Waals surface area contributed by atoms with Crippen LogP contribution in [0.1, 0.15) is 31.1 Å². The standard InChI is InChI=1S/C17H15Cl2F3N4O/c1-3-23-16(27)14-8(2)24-13-7-12(17(20,21)22)25-26(13)15(14)9-4-5-10(18)11(19)6-9/h4-7,15,24H,3H2,1-2H3,(H,23,27). The summed E-state index contributed by atoms with van der Waals surface area (Å²) >= 11 is 12.0. The lowest BCUT2D eigenvalue weighted by Crippen LogP contribution is -2.35. The molecule has 1 aromatic heterocycles. The third-order valence-corrected chi connectivity index (χ3v) is 4.84. The predicted molar refractivity (Wildman–Crippen MR) is 96.8 cm³/mol. The highest BCUT2D eigenvalue weighted by molar-refractivity contribution is 6.42. The average molecular weight is 419 g/mol. The van der Waals surface area contributed by atoms with Crippen molar-refractivity contribution in [2.45, 2.75) is 26.1 Å². The van der Waals surface area contributed by atoms with Gasteiger partial charge in [-0.25, -0.2) is 4.68 Å². The second-order valence-electron chi connectivity index (χ2n) is 5.96. The molecule has 0 aliphatic carbocycles. The summed E-state index contributed by atoms with van der Waals surface area (Å²) in [4.78, 5) is 12.6. The Morgan fingerprint density at radius 3 is 2.59 bits per heavy atom. The first-order chi connectivity index (χ1) is 12.6. The van der Waals surface area contributed by atoms with E-state index in [2.05, 4.69) is 15.7 Å². The number of fused-ring (bicyclic) bond motifs is 1. The van der Waals surface area contributed by atoms with Crippen LogP contribution in [0.2, 0.25) is 10.0 Å². The maximum absolute atomic E-state index is 13.2. The summed E-state index contributed by atoms with van der Waals surface area (Å²) in [5, 5.41) is 9.73. The first-order valence-corrected chi connectivity index (χ1v) is 8.76. The number of aromatic nitrogens is 2. The lowest BCUT2D eigenvalue weighted by atomic mass is 9.95. The molecular weight excluding hydrogens is 404 g/mol. The Bertz CT molecular complexity index is 937. The fraction of sp³-hybridized carbons (Fsp3) is 0.294. The summed E-state index contributed by atoms with van der Waals surface area (Å²) in [5.41, 5.74) is 0.113. The van der Waals surface area contributed by atoms with Crippen molar-refractivity contribution in [2.24, 2.45) is 0 Å². The van der Waals surface area contributed by atoms with Crippen LogP contribution in [0.5, 0.6) is 0 Å². The zero-order valence-electron chi connectivity index (χ0n) is 14.3. The van der Waals surface area contributed by atoms with Gasteiger partial charge in [-0.3, -0.25) is 4.79 Å². The molecule has 5 nitrogen and oxygen atoms in total. The van der Waals surface area contributed by atoms with Crippen LogP contribution in [0, 0.1) is 0 Å². The van der Waals surface area contributed by atoms with Crippen molar-refractivity contribution in [3.8, 4) is 0 Å². The maximum Gasteiger partial charge on any atom is 0.435 e. The molecular formula is C17H15Cl2F3N4O. The third-order valence-electron chi connectivity index (χ3n) is 4.11. The molecule has 2 N–H and O–H groups in total. The first-order valence-electron chi connectivity index (χ1n) is 8.01. The predicted octanol–water partition coefficient (Wildman–Crippen LogP) is 4.63. The van der Waals surface area contributed by atoms with Gasteiger partial charge < -0.3 is 10.6 Å². The Morgan fingerprint density at radius 2 is 2.00 bits per heavy atom. The number of alkyl halides is 3. The van der Waals surface area contributed by atoms with E-state index in [0.29, 0.717) is 22.8 Å². The summed E-state index contributed by atoms with van der Waals surface area (Å²) in [6.45, 7) is 3.74. The number of carbonyl (C=O) groups excluding carboxylic acids is 1. The molecule has 1 amide bonds. The number of carbonyl (C=O) groups is 1. The van der Waals surface area contributed by atoms with Gasteiger partial charge in [-0.05, 0) is 31.5 Å². The zero-order valence-corrected chi connectivity index (χ0v) is 15.8. The number of likely N-dealkylation sites (N-methyl/N-ethyl adjacent to an activating group) is 1. The van der Waals surface area contributed by atoms with Crippen molar-refractivity contribution in [1.82, 2.24) is 15.1 Å². The SMILES string of the molecule is CCNC(=O)C1=C(C)Nc2cc(C(F)(F)F)nn2C1c1ccc(Cl)c(Cl)c1. The van der Waals surface area contributed by atoms with Crippen LogP contribution in [-0.4, -0.2) is 22.2 Å². The monoisotopic (exact) mass is 418 g/mol. The number of allylic oxidation sites excluding steroid dienone is 1. The van der Waals surface area contributed by atoms with E-state index in [1.54, 1.807) is 19.9 Å². The average Bonchev–Trinajstić information content (AvgIpc) is 3.00. The molecule has 27 heavy (non-hydrogen) atoms. The quantitative estimate of drug-likeness (QED) is 0.763. The van der Waals surface area contributed by atoms with Gasteiger partial charge in [0.15, 0.2) is 5.69 Å². The normalized spacial score (nSPS) is 16.8. The number of benzene rings is 1. The highest BCUT2D eigenvalue weighted by Crippen LogP contribution is 2.40. The summed E-state index contributed by atoms with van der Waals surface area (Å²) in [7, 11) is 0. The molecule has 1 aliphatic heterocycles. The van der Waals surface area contributed by atoms with Crippen LogP contribution >= 0.6 is 23.2 Å². The summed E-state index contributed by atoms with van der Waals surface area (Å²) in [6, 6.07) is 4.67. The molecule has 0 spiro atoms. The van der Waals surface area contributed by atoms with E-state index in [9.17, 15) is 18.0 Å². The van der Waals surface area contributed by atoms with Crippen molar-refractivity contribution in [2.75, 3.05) is 11.9 Å². The minimum Gasteiger partial charge on any atom is -0.352 e. The van der Waals surface area contributed by atoms with Crippen LogP contribution in [0.3, 0.4) is 0 Å². The number of nitrogens with one attached hydrogen (secondary N) is 2. The van der Waals surface area contributed by atoms with Gasteiger partial charge in [0.2, 0.25) is 0 Å². The Kier molecular flexibility index (Phi) is 5.14. The number of rotatable bonds is 3.